The summed E-state index contributed by atoms with van der Waals surface area (Å²) in [5, 5.41) is 120. The molecule has 17 atom stereocenters. The van der Waals surface area contributed by atoms with Crippen LogP contribution in [-0.2, 0) is 33.2 Å². The molecule has 0 bridgehead atoms. The highest BCUT2D eigenvalue weighted by Crippen LogP contribution is 2.33. The molecule has 1 amide bonds. The monoisotopic (exact) mass is 1240 g/mol. The zero-order chi connectivity index (χ0) is 63.3. The van der Waals surface area contributed by atoms with Crippen molar-refractivity contribution < 1.29 is 89.4 Å². The van der Waals surface area contributed by atoms with Crippen molar-refractivity contribution in [2.75, 3.05) is 26.4 Å². The Hall–Kier alpha value is -1.99. The van der Waals surface area contributed by atoms with Crippen molar-refractivity contribution in [1.29, 1.82) is 0 Å². The van der Waals surface area contributed by atoms with Crippen molar-refractivity contribution in [1.82, 2.24) is 5.32 Å². The van der Waals surface area contributed by atoms with Crippen molar-refractivity contribution in [3.63, 3.8) is 0 Å². The second-order valence-electron chi connectivity index (χ2n) is 25.0. The van der Waals surface area contributed by atoms with E-state index in [4.69, 9.17) is 28.4 Å². The second kappa shape index (κ2) is 50.6. The van der Waals surface area contributed by atoms with E-state index in [-0.39, 0.29) is 18.9 Å². The number of nitrogens with one attached hydrogen (secondary N) is 1. The first-order chi connectivity index (χ1) is 42.3. The lowest BCUT2D eigenvalue weighted by atomic mass is 9.96. The molecule has 0 aromatic rings. The van der Waals surface area contributed by atoms with Crippen LogP contribution in [0.2, 0.25) is 0 Å². The van der Waals surface area contributed by atoms with Crippen LogP contribution >= 0.6 is 0 Å². The van der Waals surface area contributed by atoms with E-state index >= 15 is 0 Å². The van der Waals surface area contributed by atoms with Crippen LogP contribution in [0.3, 0.4) is 0 Å². The van der Waals surface area contributed by atoms with Gasteiger partial charge < -0.3 is 89.9 Å². The minimum absolute atomic E-state index is 0.245. The van der Waals surface area contributed by atoms with Crippen molar-refractivity contribution >= 4 is 5.91 Å². The fourth-order valence-corrected chi connectivity index (χ4v) is 11.8. The van der Waals surface area contributed by atoms with Crippen LogP contribution in [0.1, 0.15) is 258 Å². The molecular formula is C68H125NO18. The third-order valence-corrected chi connectivity index (χ3v) is 17.4. The fraction of sp³-hybridized carbons (Fsp3) is 0.897. The molecule has 0 aromatic heterocycles. The molecule has 3 aliphatic rings. The maximum Gasteiger partial charge on any atom is 0.220 e. The first kappa shape index (κ1) is 79.2. The van der Waals surface area contributed by atoms with Gasteiger partial charge in [0, 0.05) is 6.42 Å². The van der Waals surface area contributed by atoms with Crippen LogP contribution in [-0.4, -0.2) is 193 Å². The zero-order valence-corrected chi connectivity index (χ0v) is 53.8. The van der Waals surface area contributed by atoms with E-state index in [0.29, 0.717) is 6.42 Å². The van der Waals surface area contributed by atoms with Gasteiger partial charge in [-0.2, -0.15) is 0 Å². The molecule has 19 nitrogen and oxygen atoms in total. The number of aliphatic hydroxyl groups excluding tert-OH is 11. The Morgan fingerprint density at radius 2 is 0.759 bits per heavy atom. The van der Waals surface area contributed by atoms with E-state index in [2.05, 4.69) is 43.5 Å². The maximum atomic E-state index is 13.4. The lowest BCUT2D eigenvalue weighted by Crippen LogP contribution is -2.66. The first-order valence-corrected chi connectivity index (χ1v) is 34.7. The SMILES string of the molecule is CCCCCCC/C=C\C/C=C\CCCCCCCCCCCCCCCCCC(=O)NC(COC1OC(CO)C(OC2OC(CO)C(OC3OC(CO)C(O)C(O)C3O)C(O)C2O)C(O)C1O)C(O)/C=C/CCCCCCCCCCCCCCC. The highest BCUT2D eigenvalue weighted by atomic mass is 16.8. The van der Waals surface area contributed by atoms with Gasteiger partial charge in [-0.15, -0.1) is 0 Å². The van der Waals surface area contributed by atoms with E-state index < -0.39 is 124 Å². The average Bonchev–Trinajstić information content (AvgIpc) is 1.10. The van der Waals surface area contributed by atoms with Crippen LogP contribution in [0, 0.1) is 0 Å². The fourth-order valence-electron chi connectivity index (χ4n) is 11.8. The number of carbonyl (C=O) groups excluding carboxylic acids is 1. The molecule has 0 saturated carbocycles. The smallest absolute Gasteiger partial charge is 0.220 e. The summed E-state index contributed by atoms with van der Waals surface area (Å²) < 4.78 is 34.3. The molecule has 3 aliphatic heterocycles. The van der Waals surface area contributed by atoms with Gasteiger partial charge in [0.1, 0.15) is 73.2 Å². The summed E-state index contributed by atoms with van der Waals surface area (Å²) in [6.07, 6.45) is 31.2. The first-order valence-electron chi connectivity index (χ1n) is 34.7. The van der Waals surface area contributed by atoms with E-state index in [9.17, 15) is 61.0 Å². The average molecular weight is 1240 g/mol. The molecule has 510 valence electrons. The molecule has 12 N–H and O–H groups in total. The summed E-state index contributed by atoms with van der Waals surface area (Å²) in [7, 11) is 0. The van der Waals surface area contributed by atoms with Crippen molar-refractivity contribution in [2.45, 2.75) is 362 Å². The Bertz CT molecular complexity index is 1720. The Morgan fingerprint density at radius 1 is 0.414 bits per heavy atom. The molecule has 3 rings (SSSR count). The maximum absolute atomic E-state index is 13.4. The van der Waals surface area contributed by atoms with Gasteiger partial charge in [0.25, 0.3) is 0 Å². The number of ether oxygens (including phenoxy) is 6. The predicted molar refractivity (Wildman–Crippen MR) is 337 cm³/mol. The predicted octanol–water partition coefficient (Wildman–Crippen LogP) is 8.83. The van der Waals surface area contributed by atoms with Gasteiger partial charge in [-0.3, -0.25) is 4.79 Å². The van der Waals surface area contributed by atoms with Crippen LogP contribution in [0.15, 0.2) is 36.5 Å². The van der Waals surface area contributed by atoms with Gasteiger partial charge in [0.2, 0.25) is 5.91 Å². The molecule has 3 heterocycles. The Morgan fingerprint density at radius 3 is 1.17 bits per heavy atom. The molecule has 17 unspecified atom stereocenters. The summed E-state index contributed by atoms with van der Waals surface area (Å²) in [4.78, 5) is 13.4. The van der Waals surface area contributed by atoms with Crippen LogP contribution < -0.4 is 5.32 Å². The molecule has 19 heteroatoms. The molecule has 3 fully saturated rings. The van der Waals surface area contributed by atoms with Crippen molar-refractivity contribution in [3.05, 3.63) is 36.5 Å². The molecule has 3 saturated heterocycles. The summed E-state index contributed by atoms with van der Waals surface area (Å²) in [6, 6.07) is -0.972. The van der Waals surface area contributed by atoms with Gasteiger partial charge in [-0.05, 0) is 51.4 Å². The Kier molecular flexibility index (Phi) is 46.0. The molecular weight excluding hydrogens is 1120 g/mol. The number of hydrogen-bond acceptors (Lipinski definition) is 18. The largest absolute Gasteiger partial charge is 0.394 e. The van der Waals surface area contributed by atoms with Crippen LogP contribution in [0.25, 0.3) is 0 Å². The Balaban J connectivity index is 1.41. The molecule has 0 aliphatic carbocycles. The minimum atomic E-state index is -1.98. The lowest BCUT2D eigenvalue weighted by Gasteiger charge is -2.48. The van der Waals surface area contributed by atoms with E-state index in [1.54, 1.807) is 6.08 Å². The summed E-state index contributed by atoms with van der Waals surface area (Å²) in [5.41, 5.74) is 0. The number of allylic oxidation sites excluding steroid dienone is 5. The van der Waals surface area contributed by atoms with E-state index in [1.165, 1.54) is 180 Å². The van der Waals surface area contributed by atoms with Gasteiger partial charge >= 0.3 is 0 Å². The van der Waals surface area contributed by atoms with Crippen LogP contribution in [0.4, 0.5) is 0 Å². The number of carbonyl (C=O) groups is 1. The van der Waals surface area contributed by atoms with Crippen LogP contribution in [0.5, 0.6) is 0 Å². The Labute approximate surface area is 523 Å². The lowest BCUT2D eigenvalue weighted by molar-refractivity contribution is -0.379. The van der Waals surface area contributed by atoms with Gasteiger partial charge in [-0.1, -0.05) is 237 Å². The second-order valence-corrected chi connectivity index (χ2v) is 25.0. The van der Waals surface area contributed by atoms with E-state index in [1.807, 2.05) is 6.08 Å². The topological polar surface area (TPSA) is 307 Å². The molecule has 0 spiro atoms. The van der Waals surface area contributed by atoms with Gasteiger partial charge in [0.15, 0.2) is 18.9 Å². The number of amides is 1. The van der Waals surface area contributed by atoms with Crippen molar-refractivity contribution in [3.8, 4) is 0 Å². The molecule has 0 radical (unpaired) electrons. The number of rotatable bonds is 53. The summed E-state index contributed by atoms with van der Waals surface area (Å²) in [6.45, 7) is 1.73. The third kappa shape index (κ3) is 32.9. The highest BCUT2D eigenvalue weighted by Gasteiger charge is 2.53. The number of unbranched alkanes of at least 4 members (excludes halogenated alkanes) is 33. The van der Waals surface area contributed by atoms with E-state index in [0.717, 1.165) is 51.4 Å². The highest BCUT2D eigenvalue weighted by molar-refractivity contribution is 5.76. The minimum Gasteiger partial charge on any atom is -0.394 e. The quantitative estimate of drug-likeness (QED) is 0.0200. The normalized spacial score (nSPS) is 28.8. The molecule has 87 heavy (non-hydrogen) atoms. The summed E-state index contributed by atoms with van der Waals surface area (Å²) >= 11 is 0. The third-order valence-electron chi connectivity index (χ3n) is 17.4. The standard InChI is InChI=1S/C68H125NO18/c1-3-5-7-9-11-13-15-17-19-20-21-22-23-24-25-26-27-28-29-30-32-34-36-38-40-42-44-46-56(74)69-51(52(73)45-43-41-39-37-35-33-31-18-16-14-12-10-8-6-4-2)50-82-66-62(80)59(77)64(54(48-71)84-66)87-68-63(81)60(78)65(55(49-72)85-68)86-67-61(79)58(76)57(75)53(47-70)83-67/h15,17,20-21,43,45,51-55,57-68,70-73,75-81H,3-14,16,18-19,22-42,44,46-50H2,1-2H3,(H,69,74)/b17-15-,21-20-,45-43+. The summed E-state index contributed by atoms with van der Waals surface area (Å²) in [5.74, 6) is -0.274. The van der Waals surface area contributed by atoms with Crippen molar-refractivity contribution in [2.24, 2.45) is 0 Å². The molecule has 0 aromatic carbocycles. The van der Waals surface area contributed by atoms with Gasteiger partial charge in [0.05, 0.1) is 38.6 Å². The number of hydrogen-bond donors (Lipinski definition) is 12. The van der Waals surface area contributed by atoms with Gasteiger partial charge in [-0.25, -0.2) is 0 Å². The number of aliphatic hydroxyl groups is 11. The zero-order valence-electron chi connectivity index (χ0n) is 53.8.